The first-order valence-corrected chi connectivity index (χ1v) is 8.05. The van der Waals surface area contributed by atoms with E-state index in [1.165, 1.54) is 0 Å². The number of hydrogen-bond acceptors (Lipinski definition) is 3. The molecule has 3 fully saturated rings. The highest BCUT2D eigenvalue weighted by Gasteiger charge is 2.45. The number of aliphatic hydroxyl groups is 1. The van der Waals surface area contributed by atoms with Gasteiger partial charge in [-0.3, -0.25) is 4.79 Å². The number of urea groups is 1. The fourth-order valence-electron chi connectivity index (χ4n) is 4.28. The van der Waals surface area contributed by atoms with Gasteiger partial charge >= 0.3 is 12.0 Å². The summed E-state index contributed by atoms with van der Waals surface area (Å²) < 4.78 is 0. The second-order valence-electron chi connectivity index (χ2n) is 6.64. The first kappa shape index (κ1) is 14.6. The highest BCUT2D eigenvalue weighted by Crippen LogP contribution is 2.37. The zero-order valence-corrected chi connectivity index (χ0v) is 12.3. The topological polar surface area (TPSA) is 81.1 Å². The predicted molar refractivity (Wildman–Crippen MR) is 75.9 cm³/mol. The number of fused-ring (bicyclic) bond motifs is 2. The number of aliphatic carboxylic acids is 1. The molecule has 3 aliphatic heterocycles. The molecule has 3 heterocycles. The number of amides is 2. The van der Waals surface area contributed by atoms with Gasteiger partial charge in [0.2, 0.25) is 0 Å². The summed E-state index contributed by atoms with van der Waals surface area (Å²) in [5.74, 6) is -0.836. The Morgan fingerprint density at radius 3 is 2.33 bits per heavy atom. The van der Waals surface area contributed by atoms with Crippen molar-refractivity contribution in [3.63, 3.8) is 0 Å². The van der Waals surface area contributed by atoms with E-state index in [0.29, 0.717) is 19.4 Å². The van der Waals surface area contributed by atoms with Gasteiger partial charge in [-0.1, -0.05) is 0 Å². The van der Waals surface area contributed by atoms with Gasteiger partial charge in [0.1, 0.15) is 0 Å². The number of piperidine rings is 2. The van der Waals surface area contributed by atoms with Crippen LogP contribution in [0.2, 0.25) is 0 Å². The molecule has 0 radical (unpaired) electrons. The fourth-order valence-corrected chi connectivity index (χ4v) is 4.28. The average molecular weight is 296 g/mol. The third kappa shape index (κ3) is 2.86. The van der Waals surface area contributed by atoms with E-state index in [9.17, 15) is 14.7 Å². The Balaban J connectivity index is 1.72. The molecule has 0 spiro atoms. The Hall–Kier alpha value is -1.30. The number of carboxylic acid groups (broad SMARTS) is 1. The SMILES string of the molecule is O=C(O)CC1CCCCN1C(=O)N1C2CCC1CC(O)C2. The summed E-state index contributed by atoms with van der Waals surface area (Å²) in [6.45, 7) is 0.662. The molecular weight excluding hydrogens is 272 g/mol. The number of likely N-dealkylation sites (tertiary alicyclic amines) is 1. The lowest BCUT2D eigenvalue weighted by molar-refractivity contribution is -0.138. The minimum Gasteiger partial charge on any atom is -0.481 e. The number of aliphatic hydroxyl groups excluding tert-OH is 1. The van der Waals surface area contributed by atoms with Crippen LogP contribution < -0.4 is 0 Å². The van der Waals surface area contributed by atoms with Crippen LogP contribution in [0.1, 0.15) is 51.4 Å². The molecule has 0 aromatic carbocycles. The van der Waals surface area contributed by atoms with Crippen molar-refractivity contribution in [1.29, 1.82) is 0 Å². The Labute approximate surface area is 124 Å². The first-order valence-electron chi connectivity index (χ1n) is 8.05. The summed E-state index contributed by atoms with van der Waals surface area (Å²) >= 11 is 0. The summed E-state index contributed by atoms with van der Waals surface area (Å²) in [7, 11) is 0. The van der Waals surface area contributed by atoms with Crippen LogP contribution >= 0.6 is 0 Å². The molecule has 6 nitrogen and oxygen atoms in total. The highest BCUT2D eigenvalue weighted by atomic mass is 16.4. The zero-order valence-electron chi connectivity index (χ0n) is 12.3. The first-order chi connectivity index (χ1) is 10.1. The van der Waals surface area contributed by atoms with E-state index in [0.717, 1.165) is 32.1 Å². The van der Waals surface area contributed by atoms with E-state index in [1.807, 2.05) is 4.90 Å². The molecule has 3 unspecified atom stereocenters. The van der Waals surface area contributed by atoms with Gasteiger partial charge in [0, 0.05) is 24.7 Å². The number of carboxylic acids is 1. The van der Waals surface area contributed by atoms with Crippen molar-refractivity contribution < 1.29 is 19.8 Å². The van der Waals surface area contributed by atoms with Crippen LogP contribution in [0.4, 0.5) is 4.79 Å². The van der Waals surface area contributed by atoms with Gasteiger partial charge in [0.05, 0.1) is 12.5 Å². The van der Waals surface area contributed by atoms with Gasteiger partial charge in [0.15, 0.2) is 0 Å². The van der Waals surface area contributed by atoms with Crippen molar-refractivity contribution in [2.24, 2.45) is 0 Å². The van der Waals surface area contributed by atoms with Gasteiger partial charge in [-0.2, -0.15) is 0 Å². The normalized spacial score (nSPS) is 35.9. The van der Waals surface area contributed by atoms with Crippen molar-refractivity contribution in [3.05, 3.63) is 0 Å². The van der Waals surface area contributed by atoms with Crippen molar-refractivity contribution in [3.8, 4) is 0 Å². The predicted octanol–water partition coefficient (Wildman–Crippen LogP) is 1.42. The maximum atomic E-state index is 12.9. The van der Waals surface area contributed by atoms with E-state index in [1.54, 1.807) is 4.90 Å². The summed E-state index contributed by atoms with van der Waals surface area (Å²) in [4.78, 5) is 27.6. The monoisotopic (exact) mass is 296 g/mol. The van der Waals surface area contributed by atoms with Crippen molar-refractivity contribution in [2.75, 3.05) is 6.54 Å². The fraction of sp³-hybridized carbons (Fsp3) is 0.867. The lowest BCUT2D eigenvalue weighted by Crippen LogP contribution is -2.56. The van der Waals surface area contributed by atoms with Crippen LogP contribution in [0.15, 0.2) is 0 Å². The number of hydrogen-bond donors (Lipinski definition) is 2. The van der Waals surface area contributed by atoms with E-state index >= 15 is 0 Å². The van der Waals surface area contributed by atoms with E-state index in [2.05, 4.69) is 0 Å². The number of carbonyl (C=O) groups excluding carboxylic acids is 1. The quantitative estimate of drug-likeness (QED) is 0.807. The number of rotatable bonds is 2. The van der Waals surface area contributed by atoms with Crippen LogP contribution in [0, 0.1) is 0 Å². The van der Waals surface area contributed by atoms with Crippen LogP contribution in [0.5, 0.6) is 0 Å². The minimum atomic E-state index is -0.836. The third-order valence-corrected chi connectivity index (χ3v) is 5.21. The molecule has 3 rings (SSSR count). The highest BCUT2D eigenvalue weighted by molar-refractivity contribution is 5.77. The molecule has 2 bridgehead atoms. The average Bonchev–Trinajstić information content (AvgIpc) is 2.70. The van der Waals surface area contributed by atoms with Crippen LogP contribution in [-0.2, 0) is 4.79 Å². The third-order valence-electron chi connectivity index (χ3n) is 5.21. The molecule has 118 valence electrons. The Kier molecular flexibility index (Phi) is 4.06. The summed E-state index contributed by atoms with van der Waals surface area (Å²) in [6, 6.07) is 0.104. The van der Waals surface area contributed by atoms with E-state index in [-0.39, 0.29) is 36.7 Å². The summed E-state index contributed by atoms with van der Waals surface area (Å²) in [5, 5.41) is 18.9. The van der Waals surface area contributed by atoms with Crippen molar-refractivity contribution >= 4 is 12.0 Å². The molecule has 21 heavy (non-hydrogen) atoms. The van der Waals surface area contributed by atoms with E-state index < -0.39 is 5.97 Å². The minimum absolute atomic E-state index is 0.000324. The molecular formula is C15H24N2O4. The summed E-state index contributed by atoms with van der Waals surface area (Å²) in [5.41, 5.74) is 0. The van der Waals surface area contributed by atoms with Crippen LogP contribution in [0.3, 0.4) is 0 Å². The lowest BCUT2D eigenvalue weighted by Gasteiger charge is -2.43. The van der Waals surface area contributed by atoms with Gasteiger partial charge in [0.25, 0.3) is 0 Å². The maximum Gasteiger partial charge on any atom is 0.320 e. The molecule has 6 heteroatoms. The number of nitrogens with zero attached hydrogens (tertiary/aromatic N) is 2. The zero-order chi connectivity index (χ0) is 15.0. The molecule has 3 aliphatic rings. The standard InChI is InChI=1S/C15H24N2O4/c18-13-7-11-4-5-12(8-13)17(11)15(21)16-6-2-1-3-10(16)9-14(19)20/h10-13,18H,1-9H2,(H,19,20). The Morgan fingerprint density at radius 2 is 1.71 bits per heavy atom. The molecule has 2 amide bonds. The van der Waals surface area contributed by atoms with Crippen LogP contribution in [0.25, 0.3) is 0 Å². The molecule has 0 saturated carbocycles. The molecule has 0 aromatic rings. The molecule has 0 aliphatic carbocycles. The van der Waals surface area contributed by atoms with Gasteiger partial charge in [-0.15, -0.1) is 0 Å². The van der Waals surface area contributed by atoms with E-state index in [4.69, 9.17) is 5.11 Å². The second-order valence-corrected chi connectivity index (χ2v) is 6.64. The molecule has 2 N–H and O–H groups in total. The Bertz CT molecular complexity index is 414. The van der Waals surface area contributed by atoms with Crippen molar-refractivity contribution in [1.82, 2.24) is 9.80 Å². The second kappa shape index (κ2) is 5.83. The van der Waals surface area contributed by atoms with Gasteiger partial charge in [-0.25, -0.2) is 4.79 Å². The largest absolute Gasteiger partial charge is 0.481 e. The van der Waals surface area contributed by atoms with Gasteiger partial charge in [-0.05, 0) is 44.9 Å². The smallest absolute Gasteiger partial charge is 0.320 e. The van der Waals surface area contributed by atoms with Gasteiger partial charge < -0.3 is 20.0 Å². The van der Waals surface area contributed by atoms with Crippen LogP contribution in [-0.4, -0.2) is 62.8 Å². The maximum absolute atomic E-state index is 12.9. The summed E-state index contributed by atoms with van der Waals surface area (Å²) in [6.07, 6.45) is 5.74. The van der Waals surface area contributed by atoms with Crippen molar-refractivity contribution in [2.45, 2.75) is 75.6 Å². The number of carbonyl (C=O) groups is 2. The Morgan fingerprint density at radius 1 is 1.05 bits per heavy atom. The lowest BCUT2D eigenvalue weighted by atomic mass is 9.98. The molecule has 0 aromatic heterocycles. The molecule has 3 saturated heterocycles. The molecule has 3 atom stereocenters.